The monoisotopic (exact) mass is 273 g/mol. The predicted molar refractivity (Wildman–Crippen MR) is 67.2 cm³/mol. The number of hydrogen-bond acceptors (Lipinski definition) is 3. The van der Waals surface area contributed by atoms with Crippen molar-refractivity contribution in [2.45, 2.75) is 25.6 Å². The summed E-state index contributed by atoms with van der Waals surface area (Å²) in [6.45, 7) is 3.49. The maximum absolute atomic E-state index is 12.9. The molecule has 0 spiro atoms. The first-order valence-corrected chi connectivity index (χ1v) is 7.35. The topological polar surface area (TPSA) is 63.2 Å². The Balaban J connectivity index is 2.68. The van der Waals surface area contributed by atoms with E-state index in [1.54, 1.807) is 13.8 Å². The number of halogens is 1. The van der Waals surface area contributed by atoms with Crippen LogP contribution in [0.2, 0.25) is 0 Å². The molecular formula is C12H16FNO3S. The maximum atomic E-state index is 12.9. The van der Waals surface area contributed by atoms with E-state index >= 15 is 0 Å². The van der Waals surface area contributed by atoms with Crippen molar-refractivity contribution in [3.05, 3.63) is 35.6 Å². The van der Waals surface area contributed by atoms with Gasteiger partial charge in [0.25, 0.3) is 0 Å². The Morgan fingerprint density at radius 1 is 1.39 bits per heavy atom. The van der Waals surface area contributed by atoms with Crippen LogP contribution >= 0.6 is 0 Å². The highest BCUT2D eigenvalue weighted by molar-refractivity contribution is 7.91. The number of carbonyl (C=O) groups is 1. The average molecular weight is 273 g/mol. The minimum Gasteiger partial charge on any atom is -0.353 e. The maximum Gasteiger partial charge on any atom is 0.235 e. The Labute approximate surface area is 106 Å². The van der Waals surface area contributed by atoms with Crippen LogP contribution < -0.4 is 5.32 Å². The summed E-state index contributed by atoms with van der Waals surface area (Å²) in [7, 11) is -3.57. The zero-order valence-corrected chi connectivity index (χ0v) is 11.1. The Morgan fingerprint density at radius 2 is 2.06 bits per heavy atom. The SMILES string of the molecule is CC(C)NC(=O)CS(=O)(=O)Cc1cccc(F)c1. The molecule has 1 N–H and O–H groups in total. The molecule has 1 amide bonds. The van der Waals surface area contributed by atoms with E-state index in [4.69, 9.17) is 0 Å². The van der Waals surface area contributed by atoms with Crippen molar-refractivity contribution >= 4 is 15.7 Å². The Hall–Kier alpha value is -1.43. The van der Waals surface area contributed by atoms with Gasteiger partial charge in [0.15, 0.2) is 9.84 Å². The average Bonchev–Trinajstić information content (AvgIpc) is 2.13. The van der Waals surface area contributed by atoms with Crippen molar-refractivity contribution in [2.24, 2.45) is 0 Å². The van der Waals surface area contributed by atoms with E-state index in [2.05, 4.69) is 5.32 Å². The fourth-order valence-electron chi connectivity index (χ4n) is 1.50. The lowest BCUT2D eigenvalue weighted by molar-refractivity contribution is -0.119. The summed E-state index contributed by atoms with van der Waals surface area (Å²) in [4.78, 5) is 11.4. The van der Waals surface area contributed by atoms with E-state index in [-0.39, 0.29) is 11.8 Å². The highest BCUT2D eigenvalue weighted by Crippen LogP contribution is 2.08. The standard InChI is InChI=1S/C12H16FNO3S/c1-9(2)14-12(15)8-18(16,17)7-10-4-3-5-11(13)6-10/h3-6,9H,7-8H2,1-2H3,(H,14,15). The smallest absolute Gasteiger partial charge is 0.235 e. The summed E-state index contributed by atoms with van der Waals surface area (Å²) in [6, 6.07) is 5.23. The normalized spacial score (nSPS) is 11.6. The molecule has 0 aliphatic heterocycles. The Bertz CT molecular complexity index is 526. The van der Waals surface area contributed by atoms with Gasteiger partial charge < -0.3 is 5.32 Å². The molecule has 1 rings (SSSR count). The van der Waals surface area contributed by atoms with E-state index in [1.807, 2.05) is 0 Å². The van der Waals surface area contributed by atoms with E-state index in [0.29, 0.717) is 5.56 Å². The van der Waals surface area contributed by atoms with Crippen LogP contribution in [-0.4, -0.2) is 26.1 Å². The summed E-state index contributed by atoms with van der Waals surface area (Å²) in [5.41, 5.74) is 0.340. The van der Waals surface area contributed by atoms with Gasteiger partial charge in [0.05, 0.1) is 5.75 Å². The molecule has 0 aromatic heterocycles. The lowest BCUT2D eigenvalue weighted by atomic mass is 10.2. The number of nitrogens with one attached hydrogen (secondary N) is 1. The van der Waals surface area contributed by atoms with Crippen molar-refractivity contribution in [1.82, 2.24) is 5.32 Å². The fourth-order valence-corrected chi connectivity index (χ4v) is 2.77. The van der Waals surface area contributed by atoms with Crippen LogP contribution in [0, 0.1) is 5.82 Å². The van der Waals surface area contributed by atoms with Gasteiger partial charge in [-0.3, -0.25) is 4.79 Å². The van der Waals surface area contributed by atoms with Crippen LogP contribution in [0.15, 0.2) is 24.3 Å². The molecule has 1 aromatic carbocycles. The third-order valence-electron chi connectivity index (χ3n) is 2.08. The molecule has 0 radical (unpaired) electrons. The predicted octanol–water partition coefficient (Wildman–Crippen LogP) is 1.27. The molecule has 0 saturated carbocycles. The zero-order chi connectivity index (χ0) is 13.8. The molecule has 1 aromatic rings. The lowest BCUT2D eigenvalue weighted by Gasteiger charge is -2.08. The van der Waals surface area contributed by atoms with Crippen LogP contribution in [0.4, 0.5) is 4.39 Å². The number of rotatable bonds is 5. The van der Waals surface area contributed by atoms with Crippen molar-refractivity contribution in [3.8, 4) is 0 Å². The third-order valence-corrected chi connectivity index (χ3v) is 3.55. The quantitative estimate of drug-likeness (QED) is 0.878. The first-order valence-electron chi connectivity index (χ1n) is 5.53. The van der Waals surface area contributed by atoms with Crippen molar-refractivity contribution < 1.29 is 17.6 Å². The number of hydrogen-bond donors (Lipinski definition) is 1. The molecule has 0 fully saturated rings. The number of sulfone groups is 1. The van der Waals surface area contributed by atoms with E-state index in [0.717, 1.165) is 6.07 Å². The minimum absolute atomic E-state index is 0.109. The summed E-state index contributed by atoms with van der Waals surface area (Å²) in [5.74, 6) is -1.95. The highest BCUT2D eigenvalue weighted by Gasteiger charge is 2.18. The van der Waals surface area contributed by atoms with Gasteiger partial charge in [0.2, 0.25) is 5.91 Å². The molecule has 0 bridgehead atoms. The second-order valence-electron chi connectivity index (χ2n) is 4.38. The Morgan fingerprint density at radius 3 is 2.61 bits per heavy atom. The number of carbonyl (C=O) groups excluding carboxylic acids is 1. The summed E-state index contributed by atoms with van der Waals surface area (Å²) < 4.78 is 36.3. The van der Waals surface area contributed by atoms with Gasteiger partial charge in [-0.25, -0.2) is 12.8 Å². The van der Waals surface area contributed by atoms with Gasteiger partial charge in [-0.2, -0.15) is 0 Å². The number of amides is 1. The molecule has 4 nitrogen and oxygen atoms in total. The van der Waals surface area contributed by atoms with Crippen LogP contribution in [0.1, 0.15) is 19.4 Å². The largest absolute Gasteiger partial charge is 0.353 e. The Kier molecular flexibility index (Phi) is 4.84. The van der Waals surface area contributed by atoms with E-state index in [1.165, 1.54) is 18.2 Å². The molecule has 0 heterocycles. The number of benzene rings is 1. The molecule has 0 saturated heterocycles. The van der Waals surface area contributed by atoms with Gasteiger partial charge in [-0.05, 0) is 31.5 Å². The zero-order valence-electron chi connectivity index (χ0n) is 10.3. The highest BCUT2D eigenvalue weighted by atomic mass is 32.2. The molecule has 0 aliphatic rings. The second kappa shape index (κ2) is 5.95. The van der Waals surface area contributed by atoms with E-state index in [9.17, 15) is 17.6 Å². The minimum atomic E-state index is -3.57. The van der Waals surface area contributed by atoms with E-state index < -0.39 is 27.3 Å². The summed E-state index contributed by atoms with van der Waals surface area (Å²) >= 11 is 0. The molecule has 100 valence electrons. The van der Waals surface area contributed by atoms with Gasteiger partial charge in [0.1, 0.15) is 11.6 Å². The van der Waals surface area contributed by atoms with Crippen molar-refractivity contribution in [3.63, 3.8) is 0 Å². The van der Waals surface area contributed by atoms with Crippen molar-refractivity contribution in [2.75, 3.05) is 5.75 Å². The first kappa shape index (κ1) is 14.6. The molecule has 6 heteroatoms. The molecule has 0 atom stereocenters. The van der Waals surface area contributed by atoms with Gasteiger partial charge >= 0.3 is 0 Å². The van der Waals surface area contributed by atoms with Crippen molar-refractivity contribution in [1.29, 1.82) is 0 Å². The molecular weight excluding hydrogens is 257 g/mol. The van der Waals surface area contributed by atoms with Crippen LogP contribution in [0.3, 0.4) is 0 Å². The van der Waals surface area contributed by atoms with Gasteiger partial charge in [-0.1, -0.05) is 12.1 Å². The van der Waals surface area contributed by atoms with Crippen LogP contribution in [0.25, 0.3) is 0 Å². The van der Waals surface area contributed by atoms with Crippen LogP contribution in [0.5, 0.6) is 0 Å². The molecule has 18 heavy (non-hydrogen) atoms. The first-order chi connectivity index (χ1) is 8.28. The van der Waals surface area contributed by atoms with Gasteiger partial charge in [-0.15, -0.1) is 0 Å². The molecule has 0 unspecified atom stereocenters. The second-order valence-corrected chi connectivity index (χ2v) is 6.45. The summed E-state index contributed by atoms with van der Waals surface area (Å²) in [6.07, 6.45) is 0. The third kappa shape index (κ3) is 5.27. The lowest BCUT2D eigenvalue weighted by Crippen LogP contribution is -2.35. The van der Waals surface area contributed by atoms with Gasteiger partial charge in [0, 0.05) is 6.04 Å². The molecule has 0 aliphatic carbocycles. The summed E-state index contributed by atoms with van der Waals surface area (Å²) in [5, 5.41) is 2.50. The fraction of sp³-hybridized carbons (Fsp3) is 0.417. The van der Waals surface area contributed by atoms with Crippen LogP contribution in [-0.2, 0) is 20.4 Å².